The Hall–Kier alpha value is -1.63. The average molecular weight is 306 g/mol. The van der Waals surface area contributed by atoms with E-state index in [1.807, 2.05) is 44.4 Å². The van der Waals surface area contributed by atoms with Gasteiger partial charge in [-0.1, -0.05) is 30.3 Å². The van der Waals surface area contributed by atoms with Crippen molar-refractivity contribution in [1.29, 1.82) is 0 Å². The van der Waals surface area contributed by atoms with Gasteiger partial charge >= 0.3 is 0 Å². The molecule has 1 aromatic rings. The molecule has 3 rings (SSSR count). The van der Waals surface area contributed by atoms with E-state index >= 15 is 0 Å². The van der Waals surface area contributed by atoms with Crippen LogP contribution in [0, 0.1) is 5.92 Å². The van der Waals surface area contributed by atoms with Crippen molar-refractivity contribution in [3.63, 3.8) is 0 Å². The quantitative estimate of drug-likeness (QED) is 0.833. The Morgan fingerprint density at radius 1 is 1.18 bits per heavy atom. The zero-order chi connectivity index (χ0) is 15.7. The summed E-state index contributed by atoms with van der Waals surface area (Å²) in [5.41, 5.74) is 1.07. The minimum atomic E-state index is -0.909. The van der Waals surface area contributed by atoms with Gasteiger partial charge in [-0.25, -0.2) is 4.99 Å². The van der Waals surface area contributed by atoms with Crippen LogP contribution >= 0.6 is 0 Å². The van der Waals surface area contributed by atoms with Gasteiger partial charge in [-0.3, -0.25) is 0 Å². The zero-order valence-electron chi connectivity index (χ0n) is 12.8. The van der Waals surface area contributed by atoms with Crippen molar-refractivity contribution in [2.75, 3.05) is 20.7 Å². The molecule has 2 N–H and O–H groups in total. The minimum absolute atomic E-state index is 0.287. The zero-order valence-corrected chi connectivity index (χ0v) is 12.8. The van der Waals surface area contributed by atoms with Gasteiger partial charge in [0.25, 0.3) is 6.02 Å². The topological polar surface area (TPSA) is 74.5 Å². The highest BCUT2D eigenvalue weighted by atomic mass is 16.5. The van der Waals surface area contributed by atoms with Gasteiger partial charge in [-0.05, 0) is 5.56 Å². The Kier molecular flexibility index (Phi) is 4.33. The fourth-order valence-electron chi connectivity index (χ4n) is 2.99. The number of benzene rings is 1. The molecule has 22 heavy (non-hydrogen) atoms. The molecular weight excluding hydrogens is 284 g/mol. The van der Waals surface area contributed by atoms with Crippen molar-refractivity contribution in [3.8, 4) is 0 Å². The number of amidine groups is 1. The van der Waals surface area contributed by atoms with E-state index in [-0.39, 0.29) is 12.0 Å². The van der Waals surface area contributed by atoms with Crippen LogP contribution in [-0.2, 0) is 16.1 Å². The number of aliphatic hydroxyl groups is 2. The van der Waals surface area contributed by atoms with E-state index < -0.39 is 18.2 Å². The number of ether oxygens (including phenoxy) is 2. The largest absolute Gasteiger partial charge is 0.459 e. The third-order valence-electron chi connectivity index (χ3n) is 4.20. The van der Waals surface area contributed by atoms with E-state index in [1.165, 1.54) is 0 Å². The molecule has 0 amide bonds. The van der Waals surface area contributed by atoms with Gasteiger partial charge in [0.1, 0.15) is 18.2 Å². The average Bonchev–Trinajstić information content (AvgIpc) is 3.04. The highest BCUT2D eigenvalue weighted by Crippen LogP contribution is 2.36. The van der Waals surface area contributed by atoms with Crippen LogP contribution in [0.2, 0.25) is 0 Å². The van der Waals surface area contributed by atoms with E-state index in [0.717, 1.165) is 5.56 Å². The highest BCUT2D eigenvalue weighted by molar-refractivity contribution is 5.75. The Bertz CT molecular complexity index is 534. The molecule has 6 nitrogen and oxygen atoms in total. The van der Waals surface area contributed by atoms with Crippen molar-refractivity contribution < 1.29 is 19.7 Å². The first-order valence-corrected chi connectivity index (χ1v) is 7.47. The van der Waals surface area contributed by atoms with E-state index in [2.05, 4.69) is 4.99 Å². The number of nitrogens with zero attached hydrogens (tertiary/aromatic N) is 2. The standard InChI is InChI=1S/C16H22N2O4/c1-18(2)16-17-12-14(20)13(19)11(15(12)22-16)9-21-8-10-6-4-3-5-7-10/h3-7,11-15,19-20H,8-9H2,1-2H3/t11-,12-,13-,14-,15+/m0/s1. The molecule has 0 bridgehead atoms. The molecule has 0 spiro atoms. The van der Waals surface area contributed by atoms with Gasteiger partial charge in [0.15, 0.2) is 0 Å². The second-order valence-electron chi connectivity index (χ2n) is 6.02. The number of hydrogen-bond donors (Lipinski definition) is 2. The van der Waals surface area contributed by atoms with Crippen LogP contribution in [0.5, 0.6) is 0 Å². The molecule has 6 heteroatoms. The summed E-state index contributed by atoms with van der Waals surface area (Å²) in [7, 11) is 3.67. The number of aliphatic hydroxyl groups excluding tert-OH is 2. The molecule has 0 radical (unpaired) electrons. The predicted octanol–water partition coefficient (Wildman–Crippen LogP) is 0.240. The van der Waals surface area contributed by atoms with Crippen molar-refractivity contribution in [2.24, 2.45) is 10.9 Å². The molecule has 2 aliphatic rings. The summed E-state index contributed by atoms with van der Waals surface area (Å²) in [5, 5.41) is 20.3. The lowest BCUT2D eigenvalue weighted by atomic mass is 10.0. The molecule has 0 saturated heterocycles. The third kappa shape index (κ3) is 2.82. The van der Waals surface area contributed by atoms with Crippen LogP contribution in [0.3, 0.4) is 0 Å². The molecule has 0 aromatic heterocycles. The lowest BCUT2D eigenvalue weighted by molar-refractivity contribution is -0.0291. The number of aliphatic imine (C=N–C) groups is 1. The molecular formula is C16H22N2O4. The maximum atomic E-state index is 10.2. The van der Waals surface area contributed by atoms with Crippen LogP contribution in [0.15, 0.2) is 35.3 Å². The van der Waals surface area contributed by atoms with Gasteiger partial charge in [-0.2, -0.15) is 0 Å². The first-order valence-electron chi connectivity index (χ1n) is 7.47. The summed E-state index contributed by atoms with van der Waals surface area (Å²) in [6.45, 7) is 0.795. The van der Waals surface area contributed by atoms with Crippen LogP contribution in [0.25, 0.3) is 0 Å². The Balaban J connectivity index is 1.60. The maximum absolute atomic E-state index is 10.2. The fraction of sp³-hybridized carbons (Fsp3) is 0.562. The lowest BCUT2D eigenvalue weighted by Crippen LogP contribution is -2.34. The first kappa shape index (κ1) is 15.3. The number of fused-ring (bicyclic) bond motifs is 1. The molecule has 1 aromatic carbocycles. The molecule has 0 unspecified atom stereocenters. The van der Waals surface area contributed by atoms with Gasteiger partial charge in [0, 0.05) is 14.1 Å². The highest BCUT2D eigenvalue weighted by Gasteiger charge is 2.54. The molecule has 1 heterocycles. The van der Waals surface area contributed by atoms with Gasteiger partial charge < -0.3 is 24.6 Å². The third-order valence-corrected chi connectivity index (χ3v) is 4.20. The fourth-order valence-corrected chi connectivity index (χ4v) is 2.99. The van der Waals surface area contributed by atoms with Gasteiger partial charge in [0.2, 0.25) is 0 Å². The summed E-state index contributed by atoms with van der Waals surface area (Å²) in [4.78, 5) is 6.12. The van der Waals surface area contributed by atoms with E-state index in [1.54, 1.807) is 4.90 Å². The number of hydrogen-bond acceptors (Lipinski definition) is 6. The SMILES string of the molecule is CN(C)C1=N[C@H]2[C@H](O)[C@@H](O)[C@H](COCc3ccccc3)[C@H]2O1. The second-order valence-corrected chi connectivity index (χ2v) is 6.02. The van der Waals surface area contributed by atoms with E-state index in [4.69, 9.17) is 9.47 Å². The van der Waals surface area contributed by atoms with E-state index in [9.17, 15) is 10.2 Å². The minimum Gasteiger partial charge on any atom is -0.459 e. The van der Waals surface area contributed by atoms with Gasteiger partial charge in [-0.15, -0.1) is 0 Å². The van der Waals surface area contributed by atoms with Crippen molar-refractivity contribution >= 4 is 6.02 Å². The van der Waals surface area contributed by atoms with E-state index in [0.29, 0.717) is 19.2 Å². The molecule has 5 atom stereocenters. The monoisotopic (exact) mass is 306 g/mol. The lowest BCUT2D eigenvalue weighted by Gasteiger charge is -2.22. The molecule has 1 saturated carbocycles. The number of rotatable bonds is 4. The summed E-state index contributed by atoms with van der Waals surface area (Å²) in [5.74, 6) is -0.287. The first-order chi connectivity index (χ1) is 10.6. The predicted molar refractivity (Wildman–Crippen MR) is 81.4 cm³/mol. The van der Waals surface area contributed by atoms with Gasteiger partial charge in [0.05, 0.1) is 25.2 Å². The summed E-state index contributed by atoms with van der Waals surface area (Å²) >= 11 is 0. The summed E-state index contributed by atoms with van der Waals surface area (Å²) < 4.78 is 11.5. The molecule has 120 valence electrons. The Morgan fingerprint density at radius 3 is 2.59 bits per heavy atom. The van der Waals surface area contributed by atoms with Crippen LogP contribution < -0.4 is 0 Å². The second kappa shape index (κ2) is 6.24. The molecule has 1 aliphatic heterocycles. The Labute approximate surface area is 130 Å². The van der Waals surface area contributed by atoms with Crippen LogP contribution in [-0.4, -0.2) is 66.2 Å². The van der Waals surface area contributed by atoms with Crippen LogP contribution in [0.4, 0.5) is 0 Å². The Morgan fingerprint density at radius 2 is 1.91 bits per heavy atom. The normalized spacial score (nSPS) is 33.3. The smallest absolute Gasteiger partial charge is 0.287 e. The van der Waals surface area contributed by atoms with Crippen LogP contribution in [0.1, 0.15) is 5.56 Å². The van der Waals surface area contributed by atoms with Crippen molar-refractivity contribution in [1.82, 2.24) is 4.90 Å². The molecule has 1 fully saturated rings. The summed E-state index contributed by atoms with van der Waals surface area (Å²) in [6, 6.07) is 9.93. The summed E-state index contributed by atoms with van der Waals surface area (Å²) in [6.07, 6.45) is -2.12. The molecule has 1 aliphatic carbocycles. The van der Waals surface area contributed by atoms with Crippen molar-refractivity contribution in [2.45, 2.75) is 31.0 Å². The maximum Gasteiger partial charge on any atom is 0.287 e. The van der Waals surface area contributed by atoms with Crippen molar-refractivity contribution in [3.05, 3.63) is 35.9 Å².